The third-order valence-corrected chi connectivity index (χ3v) is 2.90. The summed E-state index contributed by atoms with van der Waals surface area (Å²) in [5.41, 5.74) is 0. The van der Waals surface area contributed by atoms with Crippen molar-refractivity contribution in [3.63, 3.8) is 0 Å². The van der Waals surface area contributed by atoms with E-state index >= 15 is 0 Å². The van der Waals surface area contributed by atoms with Crippen molar-refractivity contribution < 1.29 is 9.53 Å². The highest BCUT2D eigenvalue weighted by molar-refractivity contribution is 5.82. The molecule has 1 N–H and O–H groups in total. The zero-order chi connectivity index (χ0) is 12.9. The van der Waals surface area contributed by atoms with Gasteiger partial charge in [-0.2, -0.15) is 0 Å². The van der Waals surface area contributed by atoms with Crippen molar-refractivity contribution in [3.05, 3.63) is 0 Å². The molecule has 0 aromatic carbocycles. The lowest BCUT2D eigenvalue weighted by molar-refractivity contribution is -0.121. The quantitative estimate of drug-likeness (QED) is 0.536. The largest absolute Gasteiger partial charge is 0.385 e. The second kappa shape index (κ2) is 12.1. The summed E-state index contributed by atoms with van der Waals surface area (Å²) < 4.78 is 5.00. The predicted molar refractivity (Wildman–Crippen MR) is 72.3 cm³/mol. The summed E-state index contributed by atoms with van der Waals surface area (Å²) in [5, 5.41) is 3.21. The highest BCUT2D eigenvalue weighted by atomic mass is 16.5. The number of rotatable bonds is 12. The molecule has 3 nitrogen and oxygen atoms in total. The van der Waals surface area contributed by atoms with Crippen LogP contribution in [0.3, 0.4) is 0 Å². The number of unbranched alkanes of at least 4 members (excludes halogenated alkanes) is 5. The van der Waals surface area contributed by atoms with Gasteiger partial charge in [-0.1, -0.05) is 39.5 Å². The molecule has 0 aromatic rings. The van der Waals surface area contributed by atoms with Gasteiger partial charge >= 0.3 is 0 Å². The van der Waals surface area contributed by atoms with Crippen LogP contribution in [0.1, 0.15) is 52.4 Å². The number of ketones is 1. The molecule has 0 saturated carbocycles. The number of Topliss-reactive ketones (excluding diaryl/α,β-unsaturated/α-hetero) is 1. The Morgan fingerprint density at radius 2 is 1.65 bits per heavy atom. The molecule has 3 heteroatoms. The SMILES string of the molecule is COCCCCCCCCNCC(=O)C(C)C. The molecule has 0 aliphatic carbocycles. The zero-order valence-electron chi connectivity index (χ0n) is 11.8. The molecular weight excluding hydrogens is 214 g/mol. The fourth-order valence-corrected chi connectivity index (χ4v) is 1.62. The second-order valence-corrected chi connectivity index (χ2v) is 4.91. The van der Waals surface area contributed by atoms with Gasteiger partial charge in [-0.15, -0.1) is 0 Å². The third kappa shape index (κ3) is 11.8. The number of ether oxygens (including phenoxy) is 1. The maximum atomic E-state index is 11.3. The Kier molecular flexibility index (Phi) is 11.8. The van der Waals surface area contributed by atoms with Gasteiger partial charge in [-0.05, 0) is 19.4 Å². The fraction of sp³-hybridized carbons (Fsp3) is 0.929. The van der Waals surface area contributed by atoms with E-state index in [1.165, 1.54) is 38.5 Å². The number of hydrogen-bond donors (Lipinski definition) is 1. The molecule has 0 rings (SSSR count). The van der Waals surface area contributed by atoms with E-state index in [4.69, 9.17) is 4.74 Å². The summed E-state index contributed by atoms with van der Waals surface area (Å²) in [6, 6.07) is 0. The normalized spacial score (nSPS) is 11.1. The number of carbonyl (C=O) groups is 1. The Labute approximate surface area is 106 Å². The average molecular weight is 243 g/mol. The van der Waals surface area contributed by atoms with E-state index in [-0.39, 0.29) is 5.92 Å². The maximum absolute atomic E-state index is 11.3. The van der Waals surface area contributed by atoms with Crippen molar-refractivity contribution in [2.75, 3.05) is 26.8 Å². The Hall–Kier alpha value is -0.410. The molecule has 0 atom stereocenters. The standard InChI is InChI=1S/C14H29NO2/c1-13(2)14(16)12-15-10-8-6-4-5-7-9-11-17-3/h13,15H,4-12H2,1-3H3. The van der Waals surface area contributed by atoms with E-state index < -0.39 is 0 Å². The van der Waals surface area contributed by atoms with Gasteiger partial charge in [0.1, 0.15) is 5.78 Å². The maximum Gasteiger partial charge on any atom is 0.149 e. The van der Waals surface area contributed by atoms with Crippen LogP contribution in [0, 0.1) is 5.92 Å². The fourth-order valence-electron chi connectivity index (χ4n) is 1.62. The molecule has 0 radical (unpaired) electrons. The van der Waals surface area contributed by atoms with Crippen molar-refractivity contribution in [1.29, 1.82) is 0 Å². The van der Waals surface area contributed by atoms with Crippen LogP contribution in [0.15, 0.2) is 0 Å². The topological polar surface area (TPSA) is 38.3 Å². The highest BCUT2D eigenvalue weighted by Crippen LogP contribution is 2.04. The lowest BCUT2D eigenvalue weighted by Gasteiger charge is -2.06. The van der Waals surface area contributed by atoms with E-state index in [2.05, 4.69) is 5.32 Å². The number of methoxy groups -OCH3 is 1. The summed E-state index contributed by atoms with van der Waals surface area (Å²) in [4.78, 5) is 11.3. The molecule has 0 fully saturated rings. The number of hydrogen-bond acceptors (Lipinski definition) is 3. The van der Waals surface area contributed by atoms with E-state index in [0.29, 0.717) is 12.3 Å². The third-order valence-electron chi connectivity index (χ3n) is 2.90. The molecule has 0 aromatic heterocycles. The molecule has 0 spiro atoms. The van der Waals surface area contributed by atoms with Crippen LogP contribution in [0.5, 0.6) is 0 Å². The lowest BCUT2D eigenvalue weighted by atomic mass is 10.1. The number of nitrogens with one attached hydrogen (secondary N) is 1. The molecule has 0 saturated heterocycles. The first-order chi connectivity index (χ1) is 8.18. The minimum Gasteiger partial charge on any atom is -0.385 e. The summed E-state index contributed by atoms with van der Waals surface area (Å²) >= 11 is 0. The molecule has 102 valence electrons. The highest BCUT2D eigenvalue weighted by Gasteiger charge is 2.04. The van der Waals surface area contributed by atoms with Crippen LogP contribution >= 0.6 is 0 Å². The second-order valence-electron chi connectivity index (χ2n) is 4.91. The van der Waals surface area contributed by atoms with Crippen molar-refractivity contribution in [1.82, 2.24) is 5.32 Å². The van der Waals surface area contributed by atoms with E-state index in [0.717, 1.165) is 13.2 Å². The lowest BCUT2D eigenvalue weighted by Crippen LogP contribution is -2.26. The molecule has 17 heavy (non-hydrogen) atoms. The van der Waals surface area contributed by atoms with Crippen molar-refractivity contribution in [2.45, 2.75) is 52.4 Å². The molecule has 0 aliphatic heterocycles. The summed E-state index contributed by atoms with van der Waals surface area (Å²) in [6.45, 7) is 6.29. The summed E-state index contributed by atoms with van der Waals surface area (Å²) in [7, 11) is 1.75. The Morgan fingerprint density at radius 3 is 2.24 bits per heavy atom. The summed E-state index contributed by atoms with van der Waals surface area (Å²) in [6.07, 6.45) is 7.48. The van der Waals surface area contributed by atoms with Gasteiger partial charge in [-0.25, -0.2) is 0 Å². The first kappa shape index (κ1) is 16.6. The van der Waals surface area contributed by atoms with Gasteiger partial charge in [0.2, 0.25) is 0 Å². The minimum absolute atomic E-state index is 0.156. The zero-order valence-corrected chi connectivity index (χ0v) is 11.8. The number of carbonyl (C=O) groups excluding carboxylic acids is 1. The first-order valence-corrected chi connectivity index (χ1v) is 6.91. The van der Waals surface area contributed by atoms with Gasteiger partial charge in [0.05, 0.1) is 6.54 Å². The molecule has 0 heterocycles. The molecule has 0 amide bonds. The van der Waals surface area contributed by atoms with Crippen molar-refractivity contribution in [2.24, 2.45) is 5.92 Å². The Balaban J connectivity index is 3.06. The van der Waals surface area contributed by atoms with Gasteiger partial charge in [0.15, 0.2) is 0 Å². The van der Waals surface area contributed by atoms with Gasteiger partial charge < -0.3 is 10.1 Å². The van der Waals surface area contributed by atoms with Gasteiger partial charge in [-0.3, -0.25) is 4.79 Å². The van der Waals surface area contributed by atoms with Gasteiger partial charge in [0, 0.05) is 19.6 Å². The Bertz CT molecular complexity index is 181. The summed E-state index contributed by atoms with van der Waals surface area (Å²) in [5.74, 6) is 0.466. The molecule has 0 aliphatic rings. The minimum atomic E-state index is 0.156. The van der Waals surface area contributed by atoms with Crippen LogP contribution < -0.4 is 5.32 Å². The van der Waals surface area contributed by atoms with Crippen LogP contribution in [0.25, 0.3) is 0 Å². The van der Waals surface area contributed by atoms with E-state index in [1.807, 2.05) is 13.8 Å². The smallest absolute Gasteiger partial charge is 0.149 e. The monoisotopic (exact) mass is 243 g/mol. The first-order valence-electron chi connectivity index (χ1n) is 6.91. The molecule has 0 unspecified atom stereocenters. The van der Waals surface area contributed by atoms with E-state index in [1.54, 1.807) is 7.11 Å². The van der Waals surface area contributed by atoms with Crippen molar-refractivity contribution in [3.8, 4) is 0 Å². The average Bonchev–Trinajstić information content (AvgIpc) is 2.31. The van der Waals surface area contributed by atoms with E-state index in [9.17, 15) is 4.79 Å². The molecular formula is C14H29NO2. The van der Waals surface area contributed by atoms with Crippen LogP contribution in [-0.2, 0) is 9.53 Å². The predicted octanol–water partition coefficient (Wildman–Crippen LogP) is 2.79. The van der Waals surface area contributed by atoms with Crippen LogP contribution in [0.2, 0.25) is 0 Å². The molecule has 0 bridgehead atoms. The van der Waals surface area contributed by atoms with Crippen LogP contribution in [-0.4, -0.2) is 32.6 Å². The van der Waals surface area contributed by atoms with Gasteiger partial charge in [0.25, 0.3) is 0 Å². The Morgan fingerprint density at radius 1 is 1.06 bits per heavy atom. The van der Waals surface area contributed by atoms with Crippen LogP contribution in [0.4, 0.5) is 0 Å². The van der Waals surface area contributed by atoms with Crippen molar-refractivity contribution >= 4 is 5.78 Å².